The molecule has 0 bridgehead atoms. The second kappa shape index (κ2) is 6.41. The smallest absolute Gasteiger partial charge is 0.289 e. The second-order valence-corrected chi connectivity index (χ2v) is 10.5. The van der Waals surface area contributed by atoms with Gasteiger partial charge in [-0.05, 0) is 12.1 Å². The fraction of sp³-hybridized carbons (Fsp3) is 0.188. The fourth-order valence-corrected chi connectivity index (χ4v) is 2.08. The Morgan fingerprint density at radius 3 is 2.50 bits per heavy atom. The molecule has 0 unspecified atom stereocenters. The van der Waals surface area contributed by atoms with Gasteiger partial charge in [-0.1, -0.05) is 43.8 Å². The van der Waals surface area contributed by atoms with Crippen LogP contribution in [-0.4, -0.2) is 18.0 Å². The van der Waals surface area contributed by atoms with E-state index in [1.807, 2.05) is 18.2 Å². The number of nitrogens with zero attached hydrogens (tertiary/aromatic N) is 2. The zero-order valence-corrected chi connectivity index (χ0v) is 13.7. The molecule has 22 heavy (non-hydrogen) atoms. The average Bonchev–Trinajstić information content (AvgIpc) is 2.46. The molecule has 112 valence electrons. The van der Waals surface area contributed by atoms with Crippen molar-refractivity contribution < 1.29 is 9.66 Å². The summed E-state index contributed by atoms with van der Waals surface area (Å²) in [5, 5.41) is 10.9. The normalized spacial score (nSPS) is 10.5. The third-order valence-electron chi connectivity index (χ3n) is 2.58. The zero-order valence-electron chi connectivity index (χ0n) is 12.7. The minimum atomic E-state index is -1.61. The van der Waals surface area contributed by atoms with Crippen molar-refractivity contribution in [2.75, 3.05) is 0 Å². The molecule has 2 rings (SSSR count). The molecule has 5 nitrogen and oxygen atoms in total. The maximum Gasteiger partial charge on any atom is 0.289 e. The van der Waals surface area contributed by atoms with Crippen LogP contribution in [0.4, 0.5) is 5.69 Å². The van der Waals surface area contributed by atoms with E-state index in [1.165, 1.54) is 12.3 Å². The van der Waals surface area contributed by atoms with E-state index in [9.17, 15) is 10.1 Å². The molecule has 0 saturated carbocycles. The third kappa shape index (κ3) is 4.43. The van der Waals surface area contributed by atoms with Crippen molar-refractivity contribution in [3.63, 3.8) is 0 Å². The second-order valence-electron chi connectivity index (χ2n) is 5.72. The zero-order chi connectivity index (χ0) is 16.2. The van der Waals surface area contributed by atoms with Crippen molar-refractivity contribution in [1.29, 1.82) is 0 Å². The van der Waals surface area contributed by atoms with E-state index in [2.05, 4.69) is 36.1 Å². The van der Waals surface area contributed by atoms with Crippen molar-refractivity contribution in [3.05, 3.63) is 58.3 Å². The Kier molecular flexibility index (Phi) is 4.58. The minimum Gasteiger partial charge on any atom is -0.438 e. The largest absolute Gasteiger partial charge is 0.438 e. The molecule has 0 N–H and O–H groups in total. The van der Waals surface area contributed by atoms with Gasteiger partial charge in [0.05, 0.1) is 10.5 Å². The molecule has 1 heterocycles. The molecule has 0 saturated heterocycles. The van der Waals surface area contributed by atoms with E-state index in [1.54, 1.807) is 12.1 Å². The average molecular weight is 312 g/mol. The Bertz CT molecular complexity index is 743. The summed E-state index contributed by atoms with van der Waals surface area (Å²) >= 11 is 0. The van der Waals surface area contributed by atoms with Gasteiger partial charge in [-0.2, -0.15) is 0 Å². The summed E-state index contributed by atoms with van der Waals surface area (Å²) in [6, 6.07) is 10.5. The molecule has 0 radical (unpaired) electrons. The lowest BCUT2D eigenvalue weighted by molar-refractivity contribution is -0.385. The maximum atomic E-state index is 10.9. The summed E-state index contributed by atoms with van der Waals surface area (Å²) < 4.78 is 5.69. The maximum absolute atomic E-state index is 10.9. The van der Waals surface area contributed by atoms with E-state index in [-0.39, 0.29) is 11.6 Å². The van der Waals surface area contributed by atoms with Gasteiger partial charge in [0.1, 0.15) is 20.0 Å². The van der Waals surface area contributed by atoms with Crippen LogP contribution < -0.4 is 4.74 Å². The van der Waals surface area contributed by atoms with Crippen molar-refractivity contribution in [3.8, 4) is 23.1 Å². The van der Waals surface area contributed by atoms with Crippen molar-refractivity contribution >= 4 is 13.8 Å². The number of ether oxygens (including phenoxy) is 1. The molecule has 0 atom stereocenters. The van der Waals surface area contributed by atoms with Gasteiger partial charge in [0.2, 0.25) is 5.88 Å². The van der Waals surface area contributed by atoms with Crippen LogP contribution in [0.1, 0.15) is 5.56 Å². The van der Waals surface area contributed by atoms with E-state index in [4.69, 9.17) is 4.74 Å². The topological polar surface area (TPSA) is 65.3 Å². The first kappa shape index (κ1) is 15.7. The Morgan fingerprint density at radius 2 is 1.91 bits per heavy atom. The molecule has 0 amide bonds. The number of hydrogen-bond donors (Lipinski definition) is 0. The third-order valence-corrected chi connectivity index (χ3v) is 3.45. The lowest BCUT2D eigenvalue weighted by Gasteiger charge is -2.07. The predicted molar refractivity (Wildman–Crippen MR) is 87.6 cm³/mol. The van der Waals surface area contributed by atoms with Crippen molar-refractivity contribution in [2.24, 2.45) is 0 Å². The Labute approximate surface area is 130 Å². The Morgan fingerprint density at radius 1 is 1.23 bits per heavy atom. The Hall–Kier alpha value is -2.65. The standard InChI is InChI=1S/C16H16N2O3Si/c1-22(2,3)10-9-13-11-14(18(19)20)12-17-16(13)21-15-7-5-4-6-8-15/h4-8,11-12H,1-3H3. The lowest BCUT2D eigenvalue weighted by Crippen LogP contribution is -2.16. The number of benzene rings is 1. The molecule has 0 aliphatic heterocycles. The molecule has 0 aliphatic carbocycles. The summed E-state index contributed by atoms with van der Waals surface area (Å²) in [7, 11) is -1.61. The monoisotopic (exact) mass is 312 g/mol. The van der Waals surface area contributed by atoms with E-state index < -0.39 is 13.0 Å². The molecule has 1 aromatic heterocycles. The summed E-state index contributed by atoms with van der Waals surface area (Å²) in [6.45, 7) is 6.30. The number of aromatic nitrogens is 1. The van der Waals surface area contributed by atoms with Crippen molar-refractivity contribution in [1.82, 2.24) is 4.98 Å². The van der Waals surface area contributed by atoms with Gasteiger partial charge in [0, 0.05) is 6.07 Å². The summed E-state index contributed by atoms with van der Waals surface area (Å²) in [5.41, 5.74) is 3.51. The van der Waals surface area contributed by atoms with E-state index >= 15 is 0 Å². The molecular weight excluding hydrogens is 296 g/mol. The number of rotatable bonds is 3. The Balaban J connectivity index is 2.43. The summed E-state index contributed by atoms with van der Waals surface area (Å²) in [4.78, 5) is 14.5. The van der Waals surface area contributed by atoms with Crippen molar-refractivity contribution in [2.45, 2.75) is 19.6 Å². The van der Waals surface area contributed by atoms with Gasteiger partial charge >= 0.3 is 0 Å². The highest BCUT2D eigenvalue weighted by molar-refractivity contribution is 6.83. The van der Waals surface area contributed by atoms with Crippen LogP contribution in [0.25, 0.3) is 0 Å². The van der Waals surface area contributed by atoms with Crippen LogP contribution >= 0.6 is 0 Å². The number of hydrogen-bond acceptors (Lipinski definition) is 4. The van der Waals surface area contributed by atoms with Crippen LogP contribution in [0.5, 0.6) is 11.6 Å². The SMILES string of the molecule is C[Si](C)(C)C#Cc1cc([N+](=O)[O-])cnc1Oc1ccccc1. The van der Waals surface area contributed by atoms with Gasteiger partial charge in [-0.3, -0.25) is 10.1 Å². The van der Waals surface area contributed by atoms with Crippen LogP contribution in [0.3, 0.4) is 0 Å². The van der Waals surface area contributed by atoms with Gasteiger partial charge in [0.25, 0.3) is 5.69 Å². The highest BCUT2D eigenvalue weighted by Gasteiger charge is 2.14. The lowest BCUT2D eigenvalue weighted by atomic mass is 10.2. The first-order chi connectivity index (χ1) is 10.3. The molecule has 0 aliphatic rings. The highest BCUT2D eigenvalue weighted by Crippen LogP contribution is 2.25. The molecule has 2 aromatic rings. The first-order valence-electron chi connectivity index (χ1n) is 6.76. The van der Waals surface area contributed by atoms with E-state index in [0.717, 1.165) is 0 Å². The molecular formula is C16H16N2O3Si. The van der Waals surface area contributed by atoms with Crippen LogP contribution in [-0.2, 0) is 0 Å². The number of nitro groups is 1. The summed E-state index contributed by atoms with van der Waals surface area (Å²) in [5.74, 6) is 3.88. The van der Waals surface area contributed by atoms with Crippen LogP contribution in [0, 0.1) is 21.6 Å². The molecule has 1 aromatic carbocycles. The molecule has 0 spiro atoms. The molecule has 6 heteroatoms. The van der Waals surface area contributed by atoms with Gasteiger partial charge in [-0.15, -0.1) is 5.54 Å². The summed E-state index contributed by atoms with van der Waals surface area (Å²) in [6.07, 6.45) is 1.18. The number of pyridine rings is 1. The first-order valence-corrected chi connectivity index (χ1v) is 10.3. The number of para-hydroxylation sites is 1. The van der Waals surface area contributed by atoms with Gasteiger partial charge in [-0.25, -0.2) is 4.98 Å². The molecule has 0 fully saturated rings. The van der Waals surface area contributed by atoms with Gasteiger partial charge < -0.3 is 4.74 Å². The van der Waals surface area contributed by atoms with Gasteiger partial charge in [0.15, 0.2) is 0 Å². The van der Waals surface area contributed by atoms with E-state index in [0.29, 0.717) is 11.3 Å². The fourth-order valence-electron chi connectivity index (χ4n) is 1.57. The van der Waals surface area contributed by atoms with Crippen LogP contribution in [0.2, 0.25) is 19.6 Å². The van der Waals surface area contributed by atoms with Crippen LogP contribution in [0.15, 0.2) is 42.6 Å². The minimum absolute atomic E-state index is 0.0970. The highest BCUT2D eigenvalue weighted by atomic mass is 28.3. The predicted octanol–water partition coefficient (Wildman–Crippen LogP) is 4.01. The quantitative estimate of drug-likeness (QED) is 0.372.